The van der Waals surface area contributed by atoms with Gasteiger partial charge in [0.25, 0.3) is 5.69 Å². The van der Waals surface area contributed by atoms with Gasteiger partial charge >= 0.3 is 0 Å². The number of methoxy groups -OCH3 is 1. The molecule has 1 aromatic carbocycles. The smallest absolute Gasteiger partial charge is 0.271 e. The van der Waals surface area contributed by atoms with E-state index < -0.39 is 0 Å². The lowest BCUT2D eigenvalue weighted by Gasteiger charge is -2.33. The maximum atomic E-state index is 11.0. The van der Waals surface area contributed by atoms with Gasteiger partial charge in [-0.2, -0.15) is 0 Å². The summed E-state index contributed by atoms with van der Waals surface area (Å²) >= 11 is 0. The van der Waals surface area contributed by atoms with Crippen molar-refractivity contribution in [2.75, 3.05) is 32.1 Å². The van der Waals surface area contributed by atoms with E-state index in [2.05, 4.69) is 17.5 Å². The zero-order valence-corrected chi connectivity index (χ0v) is 15.3. The van der Waals surface area contributed by atoms with Gasteiger partial charge in [-0.3, -0.25) is 10.1 Å². The van der Waals surface area contributed by atoms with Crippen molar-refractivity contribution in [3.8, 4) is 5.75 Å². The average Bonchev–Trinajstić information content (AvgIpc) is 3.26. The van der Waals surface area contributed by atoms with E-state index in [1.165, 1.54) is 38.5 Å². The zero-order chi connectivity index (χ0) is 18.1. The number of rotatable bonds is 6. The molecule has 2 fully saturated rings. The maximum Gasteiger partial charge on any atom is 0.271 e. The number of hydrogen-bond acceptors (Lipinski definition) is 4. The van der Waals surface area contributed by atoms with Gasteiger partial charge in [-0.25, -0.2) is 0 Å². The normalized spacial score (nSPS) is 32.6. The van der Waals surface area contributed by atoms with Crippen molar-refractivity contribution in [1.29, 1.82) is 0 Å². The Labute approximate surface area is 154 Å². The molecule has 2 aliphatic carbocycles. The Kier molecular flexibility index (Phi) is 4.85. The third-order valence-corrected chi connectivity index (χ3v) is 6.41. The first-order valence-corrected chi connectivity index (χ1v) is 9.73. The first-order valence-electron chi connectivity index (χ1n) is 9.73. The van der Waals surface area contributed by atoms with Crippen LogP contribution in [0.1, 0.15) is 25.7 Å². The minimum absolute atomic E-state index is 0.0979. The number of anilines is 1. The Bertz CT molecular complexity index is 698. The highest BCUT2D eigenvalue weighted by atomic mass is 16.6. The number of ether oxygens (including phenoxy) is 1. The third kappa shape index (κ3) is 3.56. The molecule has 140 valence electrons. The molecule has 1 saturated heterocycles. The molecule has 2 N–H and O–H groups in total. The largest absolute Gasteiger partial charge is 0.495 e. The van der Waals surface area contributed by atoms with E-state index in [4.69, 9.17) is 4.74 Å². The van der Waals surface area contributed by atoms with E-state index in [1.54, 1.807) is 24.1 Å². The molecular formula is C20H28N3O3+. The molecule has 3 aliphatic rings. The molecule has 1 saturated carbocycles. The second kappa shape index (κ2) is 7.27. The molecule has 4 rings (SSSR count). The van der Waals surface area contributed by atoms with Crippen LogP contribution in [0.4, 0.5) is 11.4 Å². The number of nitrogens with zero attached hydrogens (tertiary/aromatic N) is 1. The highest BCUT2D eigenvalue weighted by Crippen LogP contribution is 2.42. The monoisotopic (exact) mass is 358 g/mol. The first kappa shape index (κ1) is 17.3. The van der Waals surface area contributed by atoms with E-state index in [9.17, 15) is 10.1 Å². The lowest BCUT2D eigenvalue weighted by molar-refractivity contribution is -0.908. The quantitative estimate of drug-likeness (QED) is 0.465. The van der Waals surface area contributed by atoms with Crippen LogP contribution in [-0.4, -0.2) is 37.7 Å². The molecule has 1 heterocycles. The molecule has 6 heteroatoms. The van der Waals surface area contributed by atoms with E-state index >= 15 is 0 Å². The van der Waals surface area contributed by atoms with Gasteiger partial charge in [0.15, 0.2) is 0 Å². The average molecular weight is 358 g/mol. The van der Waals surface area contributed by atoms with Gasteiger partial charge < -0.3 is 15.0 Å². The number of hydrogen-bond donors (Lipinski definition) is 2. The minimum Gasteiger partial charge on any atom is -0.495 e. The predicted octanol–water partition coefficient (Wildman–Crippen LogP) is 2.27. The van der Waals surface area contributed by atoms with Crippen molar-refractivity contribution < 1.29 is 14.6 Å². The Balaban J connectivity index is 1.32. The molecule has 1 aromatic rings. The number of non-ortho nitro benzene ring substituents is 1. The molecule has 3 atom stereocenters. The molecule has 1 aliphatic heterocycles. The van der Waals surface area contributed by atoms with Crippen molar-refractivity contribution in [3.63, 3.8) is 0 Å². The highest BCUT2D eigenvalue weighted by Gasteiger charge is 2.38. The number of nitro benzene ring substituents is 1. The van der Waals surface area contributed by atoms with Gasteiger partial charge in [-0.1, -0.05) is 12.2 Å². The first-order chi connectivity index (χ1) is 12.6. The molecule has 0 unspecified atom stereocenters. The van der Waals surface area contributed by atoms with Gasteiger partial charge in [0, 0.05) is 36.9 Å². The topological polar surface area (TPSA) is 68.8 Å². The zero-order valence-electron chi connectivity index (χ0n) is 15.3. The Morgan fingerprint density at radius 1 is 1.27 bits per heavy atom. The number of quaternary nitrogens is 1. The summed E-state index contributed by atoms with van der Waals surface area (Å²) in [5, 5.41) is 14.5. The third-order valence-electron chi connectivity index (χ3n) is 6.41. The number of likely N-dealkylation sites (tertiary alicyclic amines) is 1. The van der Waals surface area contributed by atoms with Gasteiger partial charge in [0.05, 0.1) is 37.4 Å². The number of benzene rings is 1. The van der Waals surface area contributed by atoms with Crippen LogP contribution in [0.25, 0.3) is 0 Å². The van der Waals surface area contributed by atoms with E-state index in [-0.39, 0.29) is 10.6 Å². The minimum atomic E-state index is -0.360. The molecule has 0 aromatic heterocycles. The summed E-state index contributed by atoms with van der Waals surface area (Å²) in [6.07, 6.45) is 9.82. The van der Waals surface area contributed by atoms with Crippen LogP contribution in [0.2, 0.25) is 0 Å². The summed E-state index contributed by atoms with van der Waals surface area (Å²) in [6.45, 7) is 3.65. The van der Waals surface area contributed by atoms with Crippen molar-refractivity contribution >= 4 is 11.4 Å². The van der Waals surface area contributed by atoms with E-state index in [0.717, 1.165) is 36.3 Å². The predicted molar refractivity (Wildman–Crippen MR) is 101 cm³/mol. The van der Waals surface area contributed by atoms with Crippen LogP contribution in [0.15, 0.2) is 30.4 Å². The number of piperidine rings is 1. The molecule has 0 radical (unpaired) electrons. The van der Waals surface area contributed by atoms with Gasteiger partial charge in [-0.15, -0.1) is 0 Å². The maximum absolute atomic E-state index is 11.0. The Morgan fingerprint density at radius 3 is 2.69 bits per heavy atom. The van der Waals surface area contributed by atoms with Crippen LogP contribution >= 0.6 is 0 Å². The van der Waals surface area contributed by atoms with E-state index in [0.29, 0.717) is 11.8 Å². The second-order valence-electron chi connectivity index (χ2n) is 8.05. The molecule has 26 heavy (non-hydrogen) atoms. The van der Waals surface area contributed by atoms with Crippen LogP contribution in [0, 0.1) is 27.9 Å². The summed E-state index contributed by atoms with van der Waals surface area (Å²) in [4.78, 5) is 12.4. The molecule has 0 spiro atoms. The Hall–Kier alpha value is -2.08. The summed E-state index contributed by atoms with van der Waals surface area (Å²) < 4.78 is 5.36. The van der Waals surface area contributed by atoms with E-state index in [1.807, 2.05) is 0 Å². The lowest BCUT2D eigenvalue weighted by Crippen LogP contribution is -3.14. The number of allylic oxidation sites excluding steroid dienone is 2. The Morgan fingerprint density at radius 2 is 2.08 bits per heavy atom. The van der Waals surface area contributed by atoms with Gasteiger partial charge in [0.1, 0.15) is 5.75 Å². The number of fused-ring (bicyclic) bond motifs is 2. The summed E-state index contributed by atoms with van der Waals surface area (Å²) in [5.74, 6) is 3.22. The lowest BCUT2D eigenvalue weighted by atomic mass is 9.92. The molecule has 2 bridgehead atoms. The van der Waals surface area contributed by atoms with Crippen molar-refractivity contribution in [3.05, 3.63) is 40.5 Å². The van der Waals surface area contributed by atoms with Crippen LogP contribution < -0.4 is 15.0 Å². The fourth-order valence-corrected chi connectivity index (χ4v) is 5.02. The van der Waals surface area contributed by atoms with Crippen LogP contribution in [0.3, 0.4) is 0 Å². The summed E-state index contributed by atoms with van der Waals surface area (Å²) in [5.41, 5.74) is 0.828. The SMILES string of the molecule is COc1ccc([N+](=O)[O-])cc1NC1CC[NH+](C[C@H]2C[C@H]3C=C[C@H]2C3)CC1. The van der Waals surface area contributed by atoms with Crippen molar-refractivity contribution in [1.82, 2.24) is 0 Å². The van der Waals surface area contributed by atoms with Crippen LogP contribution in [0.5, 0.6) is 5.75 Å². The number of nitro groups is 1. The van der Waals surface area contributed by atoms with Gasteiger partial charge in [0.2, 0.25) is 0 Å². The van der Waals surface area contributed by atoms with Gasteiger partial charge in [-0.05, 0) is 30.7 Å². The standard InChI is InChI=1S/C20H27N3O3/c1-26-20-5-4-18(23(24)25)12-19(20)21-17-6-8-22(9-7-17)13-16-11-14-2-3-15(16)10-14/h2-5,12,14-17,21H,6-11,13H2,1H3/p+1/t14-,15-,16+/m0/s1. The fraction of sp³-hybridized carbons (Fsp3) is 0.600. The molecule has 6 nitrogen and oxygen atoms in total. The highest BCUT2D eigenvalue weighted by molar-refractivity contribution is 5.62. The summed E-state index contributed by atoms with van der Waals surface area (Å²) in [6, 6.07) is 5.10. The molecule has 0 amide bonds. The molecular weight excluding hydrogens is 330 g/mol. The van der Waals surface area contributed by atoms with Crippen molar-refractivity contribution in [2.24, 2.45) is 17.8 Å². The van der Waals surface area contributed by atoms with Crippen LogP contribution in [-0.2, 0) is 0 Å². The fourth-order valence-electron chi connectivity index (χ4n) is 5.02. The van der Waals surface area contributed by atoms with Crippen molar-refractivity contribution in [2.45, 2.75) is 31.7 Å². The second-order valence-corrected chi connectivity index (χ2v) is 8.05. The summed E-state index contributed by atoms with van der Waals surface area (Å²) in [7, 11) is 1.60. The number of nitrogens with one attached hydrogen (secondary N) is 2.